The van der Waals surface area contributed by atoms with Crippen molar-refractivity contribution >= 4 is 17.6 Å². The van der Waals surface area contributed by atoms with E-state index in [0.29, 0.717) is 30.0 Å². The van der Waals surface area contributed by atoms with Crippen molar-refractivity contribution in [2.75, 3.05) is 20.2 Å². The second-order valence-electron chi connectivity index (χ2n) is 9.22. The Kier molecular flexibility index (Phi) is 8.03. The second kappa shape index (κ2) is 11.4. The number of nitrogens with zero attached hydrogens (tertiary/aromatic N) is 2. The van der Waals surface area contributed by atoms with Crippen molar-refractivity contribution in [3.8, 4) is 0 Å². The third kappa shape index (κ3) is 5.56. The van der Waals surface area contributed by atoms with Gasteiger partial charge in [0.25, 0.3) is 5.69 Å². The summed E-state index contributed by atoms with van der Waals surface area (Å²) in [6, 6.07) is 15.7. The first kappa shape index (κ1) is 26.1. The molecule has 9 heteroatoms. The number of carbonyl (C=O) groups is 2. The Morgan fingerprint density at radius 3 is 2.38 bits per heavy atom. The molecule has 4 rings (SSSR count). The van der Waals surface area contributed by atoms with Crippen molar-refractivity contribution in [2.24, 2.45) is 0 Å². The molecule has 194 valence electrons. The molecule has 0 bridgehead atoms. The summed E-state index contributed by atoms with van der Waals surface area (Å²) < 4.78 is 11.1. The highest BCUT2D eigenvalue weighted by Gasteiger charge is 2.41. The van der Waals surface area contributed by atoms with E-state index in [0.717, 1.165) is 24.9 Å². The van der Waals surface area contributed by atoms with Gasteiger partial charge in [-0.3, -0.25) is 10.1 Å². The van der Waals surface area contributed by atoms with Gasteiger partial charge in [-0.25, -0.2) is 9.59 Å². The molecule has 1 saturated heterocycles. The number of carbonyl (C=O) groups excluding carboxylic acids is 2. The van der Waals surface area contributed by atoms with Crippen molar-refractivity contribution in [3.05, 3.63) is 98.4 Å². The Labute approximate surface area is 215 Å². The average Bonchev–Trinajstić information content (AvgIpc) is 2.91. The van der Waals surface area contributed by atoms with Gasteiger partial charge >= 0.3 is 11.9 Å². The summed E-state index contributed by atoms with van der Waals surface area (Å²) in [4.78, 5) is 40.0. The number of ether oxygens (including phenoxy) is 2. The van der Waals surface area contributed by atoms with Crippen LogP contribution < -0.4 is 5.32 Å². The first-order valence-electron chi connectivity index (χ1n) is 12.3. The molecule has 0 radical (unpaired) electrons. The van der Waals surface area contributed by atoms with E-state index in [1.165, 1.54) is 19.2 Å². The van der Waals surface area contributed by atoms with Gasteiger partial charge < -0.3 is 19.7 Å². The lowest BCUT2D eigenvalue weighted by atomic mass is 9.79. The van der Waals surface area contributed by atoms with Crippen LogP contribution in [0.15, 0.2) is 77.1 Å². The van der Waals surface area contributed by atoms with Crippen molar-refractivity contribution in [3.63, 3.8) is 0 Å². The zero-order chi connectivity index (χ0) is 26.5. The SMILES string of the molecule is COC(=O)C1=C(C)N(Cc2ccccc2)C(C)=C(C(=O)O[C@H]2CCCNC2)[C@H]1c1cccc([N+](=O)[O-])c1. The number of nitro groups is 1. The predicted molar refractivity (Wildman–Crippen MR) is 137 cm³/mol. The molecular formula is C28H31N3O6. The number of benzene rings is 2. The van der Waals surface area contributed by atoms with Gasteiger partial charge in [-0.2, -0.15) is 0 Å². The highest BCUT2D eigenvalue weighted by Crippen LogP contribution is 2.44. The Bertz CT molecular complexity index is 1250. The van der Waals surface area contributed by atoms with Crippen LogP contribution in [0.1, 0.15) is 43.7 Å². The minimum Gasteiger partial charge on any atom is -0.466 e. The molecule has 1 N–H and O–H groups in total. The maximum atomic E-state index is 13.8. The summed E-state index contributed by atoms with van der Waals surface area (Å²) in [5, 5.41) is 14.8. The number of non-ortho nitro benzene ring substituents is 1. The maximum absolute atomic E-state index is 13.8. The zero-order valence-corrected chi connectivity index (χ0v) is 21.2. The molecule has 1 fully saturated rings. The number of nitrogens with one attached hydrogen (secondary N) is 1. The summed E-state index contributed by atoms with van der Waals surface area (Å²) >= 11 is 0. The molecular weight excluding hydrogens is 474 g/mol. The van der Waals surface area contributed by atoms with Crippen LogP contribution >= 0.6 is 0 Å². The second-order valence-corrected chi connectivity index (χ2v) is 9.22. The lowest BCUT2D eigenvalue weighted by molar-refractivity contribution is -0.384. The molecule has 0 saturated carbocycles. The molecule has 2 aliphatic rings. The van der Waals surface area contributed by atoms with Crippen LogP contribution in [0.5, 0.6) is 0 Å². The molecule has 0 aromatic heterocycles. The number of hydrogen-bond donors (Lipinski definition) is 1. The summed E-state index contributed by atoms with van der Waals surface area (Å²) in [5.41, 5.74) is 3.06. The number of rotatable bonds is 7. The first-order valence-corrected chi connectivity index (χ1v) is 12.3. The summed E-state index contributed by atoms with van der Waals surface area (Å²) in [6.07, 6.45) is 1.32. The van der Waals surface area contributed by atoms with Crippen LogP contribution in [0, 0.1) is 10.1 Å². The van der Waals surface area contributed by atoms with E-state index in [1.807, 2.05) is 42.2 Å². The molecule has 0 spiro atoms. The fraction of sp³-hybridized carbons (Fsp3) is 0.357. The van der Waals surface area contributed by atoms with Gasteiger partial charge in [0.2, 0.25) is 0 Å². The number of allylic oxidation sites excluding steroid dienone is 2. The first-order chi connectivity index (χ1) is 17.8. The average molecular weight is 506 g/mol. The molecule has 0 unspecified atom stereocenters. The van der Waals surface area contributed by atoms with Gasteiger partial charge in [-0.1, -0.05) is 42.5 Å². The number of piperidine rings is 1. The number of hydrogen-bond acceptors (Lipinski definition) is 8. The molecule has 0 aliphatic carbocycles. The van der Waals surface area contributed by atoms with Gasteiger partial charge in [0.15, 0.2) is 0 Å². The van der Waals surface area contributed by atoms with E-state index < -0.39 is 22.8 Å². The molecule has 2 aromatic rings. The van der Waals surface area contributed by atoms with Crippen LogP contribution in [0.4, 0.5) is 5.69 Å². The van der Waals surface area contributed by atoms with E-state index in [9.17, 15) is 19.7 Å². The maximum Gasteiger partial charge on any atom is 0.337 e. The fourth-order valence-electron chi connectivity index (χ4n) is 5.04. The Morgan fingerprint density at radius 1 is 1.05 bits per heavy atom. The summed E-state index contributed by atoms with van der Waals surface area (Å²) in [7, 11) is 1.28. The van der Waals surface area contributed by atoms with Crippen molar-refractivity contribution in [2.45, 2.75) is 45.3 Å². The van der Waals surface area contributed by atoms with Crippen LogP contribution in [-0.4, -0.2) is 48.1 Å². The predicted octanol–water partition coefficient (Wildman–Crippen LogP) is 4.21. The van der Waals surface area contributed by atoms with Gasteiger partial charge in [0, 0.05) is 36.6 Å². The van der Waals surface area contributed by atoms with Gasteiger partial charge in [0.05, 0.1) is 29.1 Å². The van der Waals surface area contributed by atoms with Crippen LogP contribution in [0.3, 0.4) is 0 Å². The molecule has 2 aromatic carbocycles. The minimum absolute atomic E-state index is 0.132. The quantitative estimate of drug-likeness (QED) is 0.338. The standard InChI is InChI=1S/C28H31N3O6/c1-18-24(27(32)36-3)26(21-11-7-12-22(15-21)31(34)35)25(28(33)37-23-13-8-14-29-16-23)19(2)30(18)17-20-9-5-4-6-10-20/h4-7,9-12,15,23,26,29H,8,13-14,16-17H2,1-3H3/t23-,26-/m0/s1. The third-order valence-electron chi connectivity index (χ3n) is 6.92. The molecule has 37 heavy (non-hydrogen) atoms. The Morgan fingerprint density at radius 2 is 1.76 bits per heavy atom. The molecule has 2 atom stereocenters. The number of nitro benzene ring substituents is 1. The molecule has 0 amide bonds. The highest BCUT2D eigenvalue weighted by atomic mass is 16.6. The van der Waals surface area contributed by atoms with Gasteiger partial charge in [-0.05, 0) is 44.4 Å². The third-order valence-corrected chi connectivity index (χ3v) is 6.92. The van der Waals surface area contributed by atoms with Crippen molar-refractivity contribution in [1.29, 1.82) is 0 Å². The van der Waals surface area contributed by atoms with E-state index in [4.69, 9.17) is 9.47 Å². The largest absolute Gasteiger partial charge is 0.466 e. The van der Waals surface area contributed by atoms with E-state index in [1.54, 1.807) is 19.1 Å². The summed E-state index contributed by atoms with van der Waals surface area (Å²) in [6.45, 7) is 5.45. The fourth-order valence-corrected chi connectivity index (χ4v) is 5.04. The topological polar surface area (TPSA) is 111 Å². The van der Waals surface area contributed by atoms with Crippen LogP contribution in [0.2, 0.25) is 0 Å². The van der Waals surface area contributed by atoms with E-state index in [2.05, 4.69) is 5.32 Å². The van der Waals surface area contributed by atoms with Crippen molar-refractivity contribution < 1.29 is 24.0 Å². The van der Waals surface area contributed by atoms with Crippen LogP contribution in [-0.2, 0) is 25.6 Å². The van der Waals surface area contributed by atoms with Gasteiger partial charge in [-0.15, -0.1) is 0 Å². The van der Waals surface area contributed by atoms with Crippen LogP contribution in [0.25, 0.3) is 0 Å². The Balaban J connectivity index is 1.87. The van der Waals surface area contributed by atoms with E-state index in [-0.39, 0.29) is 22.9 Å². The smallest absolute Gasteiger partial charge is 0.337 e. The monoisotopic (exact) mass is 505 g/mol. The lowest BCUT2D eigenvalue weighted by Gasteiger charge is -2.38. The minimum atomic E-state index is -0.886. The van der Waals surface area contributed by atoms with Gasteiger partial charge in [0.1, 0.15) is 6.10 Å². The number of esters is 2. The zero-order valence-electron chi connectivity index (χ0n) is 21.2. The number of methoxy groups -OCH3 is 1. The Hall–Kier alpha value is -3.98. The van der Waals surface area contributed by atoms with E-state index >= 15 is 0 Å². The molecule has 9 nitrogen and oxygen atoms in total. The van der Waals surface area contributed by atoms with Crippen molar-refractivity contribution in [1.82, 2.24) is 10.2 Å². The molecule has 2 aliphatic heterocycles. The lowest BCUT2D eigenvalue weighted by Crippen LogP contribution is -2.39. The summed E-state index contributed by atoms with van der Waals surface area (Å²) in [5.74, 6) is -2.04. The normalized spacial score (nSPS) is 20.0. The highest BCUT2D eigenvalue weighted by molar-refractivity contribution is 6.00. The molecule has 2 heterocycles.